The fourth-order valence-corrected chi connectivity index (χ4v) is 2.88. The second-order valence-electron chi connectivity index (χ2n) is 4.23. The SMILES string of the molecule is CC(C#N)OC(=O)CNS(=O)(=O)c1cc(C(F)(F)F)ccc1Cl. The molecule has 0 fully saturated rings. The normalized spacial score (nSPS) is 13.2. The van der Waals surface area contributed by atoms with Crippen LogP contribution in [0.15, 0.2) is 23.1 Å². The van der Waals surface area contributed by atoms with Gasteiger partial charge in [-0.05, 0) is 25.1 Å². The minimum Gasteiger partial charge on any atom is -0.446 e. The third-order valence-electron chi connectivity index (χ3n) is 2.44. The van der Waals surface area contributed by atoms with Crippen molar-refractivity contribution in [2.24, 2.45) is 0 Å². The van der Waals surface area contributed by atoms with Gasteiger partial charge in [0.05, 0.1) is 10.6 Å². The van der Waals surface area contributed by atoms with E-state index in [0.717, 1.165) is 6.07 Å². The second-order valence-corrected chi connectivity index (χ2v) is 6.37. The maximum Gasteiger partial charge on any atom is 0.416 e. The topological polar surface area (TPSA) is 96.3 Å². The lowest BCUT2D eigenvalue weighted by Crippen LogP contribution is -2.32. The zero-order chi connectivity index (χ0) is 17.8. The van der Waals surface area contributed by atoms with E-state index in [1.165, 1.54) is 6.92 Å². The molecule has 0 bridgehead atoms. The standard InChI is InChI=1S/C12H10ClF3N2O4S/c1-7(5-17)22-11(19)6-18-23(20,21)10-4-8(12(14,15)16)2-3-9(10)13/h2-4,7,18H,6H2,1H3. The van der Waals surface area contributed by atoms with E-state index < -0.39 is 50.3 Å². The fraction of sp³-hybridized carbons (Fsp3) is 0.333. The molecule has 1 rings (SSSR count). The summed E-state index contributed by atoms with van der Waals surface area (Å²) in [6.45, 7) is 0.400. The first-order valence-electron chi connectivity index (χ1n) is 5.93. The van der Waals surface area contributed by atoms with Crippen molar-refractivity contribution in [1.29, 1.82) is 5.26 Å². The summed E-state index contributed by atoms with van der Waals surface area (Å²) in [6.07, 6.45) is -5.85. The van der Waals surface area contributed by atoms with Crippen molar-refractivity contribution in [1.82, 2.24) is 4.72 Å². The first-order chi connectivity index (χ1) is 10.5. The zero-order valence-corrected chi connectivity index (χ0v) is 13.1. The Morgan fingerprint density at radius 3 is 2.61 bits per heavy atom. The van der Waals surface area contributed by atoms with E-state index in [1.54, 1.807) is 10.8 Å². The lowest BCUT2D eigenvalue weighted by atomic mass is 10.2. The number of benzene rings is 1. The number of ether oxygens (including phenoxy) is 1. The third-order valence-corrected chi connectivity index (χ3v) is 4.33. The van der Waals surface area contributed by atoms with E-state index in [1.807, 2.05) is 0 Å². The number of hydrogen-bond donors (Lipinski definition) is 1. The number of nitrogens with one attached hydrogen (secondary N) is 1. The van der Waals surface area contributed by atoms with Crippen LogP contribution in [0.5, 0.6) is 0 Å². The Morgan fingerprint density at radius 1 is 1.48 bits per heavy atom. The summed E-state index contributed by atoms with van der Waals surface area (Å²) in [6, 6.07) is 3.36. The summed E-state index contributed by atoms with van der Waals surface area (Å²) in [5.74, 6) is -1.06. The lowest BCUT2D eigenvalue weighted by Gasteiger charge is -2.12. The molecule has 0 amide bonds. The van der Waals surface area contributed by atoms with Crippen molar-refractivity contribution < 1.29 is 31.1 Å². The fourth-order valence-electron chi connectivity index (χ4n) is 1.38. The Morgan fingerprint density at radius 2 is 2.09 bits per heavy atom. The smallest absolute Gasteiger partial charge is 0.416 e. The first kappa shape index (κ1) is 19.2. The molecule has 0 saturated heterocycles. The summed E-state index contributed by atoms with van der Waals surface area (Å²) >= 11 is 5.61. The van der Waals surface area contributed by atoms with Crippen molar-refractivity contribution in [3.8, 4) is 6.07 Å². The van der Waals surface area contributed by atoms with E-state index in [-0.39, 0.29) is 0 Å². The van der Waals surface area contributed by atoms with Crippen molar-refractivity contribution >= 4 is 27.6 Å². The molecule has 0 radical (unpaired) electrons. The number of nitriles is 1. The molecule has 1 N–H and O–H groups in total. The van der Waals surface area contributed by atoms with Gasteiger partial charge < -0.3 is 4.74 Å². The number of hydrogen-bond acceptors (Lipinski definition) is 5. The number of nitrogens with zero attached hydrogens (tertiary/aromatic N) is 1. The van der Waals surface area contributed by atoms with Gasteiger partial charge in [0.25, 0.3) is 0 Å². The van der Waals surface area contributed by atoms with Crippen LogP contribution in [-0.4, -0.2) is 27.0 Å². The number of esters is 1. The first-order valence-corrected chi connectivity index (χ1v) is 7.79. The molecular formula is C12H10ClF3N2O4S. The van der Waals surface area contributed by atoms with Gasteiger partial charge >= 0.3 is 12.1 Å². The summed E-state index contributed by atoms with van der Waals surface area (Å²) < 4.78 is 68.0. The van der Waals surface area contributed by atoms with Crippen LogP contribution in [0.1, 0.15) is 12.5 Å². The molecule has 6 nitrogen and oxygen atoms in total. The summed E-state index contributed by atoms with van der Waals surface area (Å²) in [5.41, 5.74) is -1.21. The monoisotopic (exact) mass is 370 g/mol. The highest BCUT2D eigenvalue weighted by molar-refractivity contribution is 7.89. The van der Waals surface area contributed by atoms with Crippen LogP contribution in [0, 0.1) is 11.3 Å². The largest absolute Gasteiger partial charge is 0.446 e. The van der Waals surface area contributed by atoms with Gasteiger partial charge in [-0.25, -0.2) is 8.42 Å². The van der Waals surface area contributed by atoms with Gasteiger partial charge in [0.15, 0.2) is 6.10 Å². The molecule has 126 valence electrons. The van der Waals surface area contributed by atoms with Crippen LogP contribution in [-0.2, 0) is 25.7 Å². The van der Waals surface area contributed by atoms with Crippen molar-refractivity contribution in [3.05, 3.63) is 28.8 Å². The van der Waals surface area contributed by atoms with Crippen LogP contribution in [0.3, 0.4) is 0 Å². The highest BCUT2D eigenvalue weighted by Gasteiger charge is 2.32. The van der Waals surface area contributed by atoms with Crippen molar-refractivity contribution in [2.45, 2.75) is 24.1 Å². The molecule has 1 atom stereocenters. The van der Waals surface area contributed by atoms with Crippen LogP contribution in [0.2, 0.25) is 5.02 Å². The molecule has 11 heteroatoms. The second kappa shape index (κ2) is 7.16. The maximum atomic E-state index is 12.6. The van der Waals surface area contributed by atoms with E-state index in [2.05, 4.69) is 4.74 Å². The molecular weight excluding hydrogens is 361 g/mol. The zero-order valence-electron chi connectivity index (χ0n) is 11.5. The van der Waals surface area contributed by atoms with Gasteiger partial charge in [-0.15, -0.1) is 0 Å². The molecule has 0 heterocycles. The molecule has 1 aromatic carbocycles. The average Bonchev–Trinajstić information content (AvgIpc) is 2.44. The average molecular weight is 371 g/mol. The van der Waals surface area contributed by atoms with Gasteiger partial charge in [0.1, 0.15) is 17.5 Å². The number of sulfonamides is 1. The molecule has 0 aromatic heterocycles. The highest BCUT2D eigenvalue weighted by atomic mass is 35.5. The Bertz CT molecular complexity index is 744. The third kappa shape index (κ3) is 5.38. The molecule has 23 heavy (non-hydrogen) atoms. The van der Waals surface area contributed by atoms with Gasteiger partial charge in [0, 0.05) is 0 Å². The summed E-state index contributed by atoms with van der Waals surface area (Å²) in [4.78, 5) is 10.5. The number of alkyl halides is 3. The van der Waals surface area contributed by atoms with Crippen LogP contribution < -0.4 is 4.72 Å². The van der Waals surface area contributed by atoms with E-state index in [4.69, 9.17) is 16.9 Å². The van der Waals surface area contributed by atoms with E-state index >= 15 is 0 Å². The van der Waals surface area contributed by atoms with Crippen LogP contribution in [0.25, 0.3) is 0 Å². The van der Waals surface area contributed by atoms with Gasteiger partial charge in [-0.2, -0.15) is 23.2 Å². The van der Waals surface area contributed by atoms with Crippen molar-refractivity contribution in [2.75, 3.05) is 6.54 Å². The molecule has 1 unspecified atom stereocenters. The van der Waals surface area contributed by atoms with Crippen molar-refractivity contribution in [3.63, 3.8) is 0 Å². The van der Waals surface area contributed by atoms with E-state index in [9.17, 15) is 26.4 Å². The van der Waals surface area contributed by atoms with Gasteiger partial charge in [-0.3, -0.25) is 4.79 Å². The lowest BCUT2D eigenvalue weighted by molar-refractivity contribution is -0.144. The Labute approximate surface area is 134 Å². The predicted molar refractivity (Wildman–Crippen MR) is 72.8 cm³/mol. The summed E-state index contributed by atoms with van der Waals surface area (Å²) in [5, 5.41) is 8.00. The maximum absolute atomic E-state index is 12.6. The molecule has 0 aliphatic heterocycles. The minimum absolute atomic E-state index is 0.355. The summed E-state index contributed by atoms with van der Waals surface area (Å²) in [7, 11) is -4.48. The number of carbonyl (C=O) groups is 1. The van der Waals surface area contributed by atoms with E-state index in [0.29, 0.717) is 12.1 Å². The molecule has 0 aliphatic carbocycles. The molecule has 1 aromatic rings. The Balaban J connectivity index is 2.97. The number of halogens is 4. The number of carbonyl (C=O) groups excluding carboxylic acids is 1. The number of rotatable bonds is 5. The molecule has 0 aliphatic rings. The Hall–Kier alpha value is -1.83. The Kier molecular flexibility index (Phi) is 5.98. The van der Waals surface area contributed by atoms with Gasteiger partial charge in [-0.1, -0.05) is 11.6 Å². The molecule has 0 saturated carbocycles. The van der Waals surface area contributed by atoms with Gasteiger partial charge in [0.2, 0.25) is 10.0 Å². The molecule has 0 spiro atoms. The van der Waals surface area contributed by atoms with Crippen LogP contribution >= 0.6 is 11.6 Å². The van der Waals surface area contributed by atoms with Crippen LogP contribution in [0.4, 0.5) is 13.2 Å². The minimum atomic E-state index is -4.75. The quantitative estimate of drug-likeness (QED) is 0.800. The predicted octanol–water partition coefficient (Wildman–Crippen LogP) is 2.09. The highest BCUT2D eigenvalue weighted by Crippen LogP contribution is 2.33.